The summed E-state index contributed by atoms with van der Waals surface area (Å²) in [4.78, 5) is 16.8. The molecule has 0 atom stereocenters. The fourth-order valence-electron chi connectivity index (χ4n) is 4.66. The van der Waals surface area contributed by atoms with E-state index in [1.807, 2.05) is 62.8 Å². The normalized spacial score (nSPS) is 15.1. The number of anilines is 1. The van der Waals surface area contributed by atoms with Crippen LogP contribution in [0, 0.1) is 23.7 Å². The number of nitrogens with zero attached hydrogens (tertiary/aromatic N) is 8. The Hall–Kier alpha value is -4.06. The Morgan fingerprint density at radius 1 is 1.17 bits per heavy atom. The molecule has 0 saturated carbocycles. The van der Waals surface area contributed by atoms with Crippen molar-refractivity contribution in [2.75, 3.05) is 24.6 Å². The average Bonchev–Trinajstić information content (AvgIpc) is 3.31. The molecular formula is C27H30N8O. The fraction of sp³-hybridized carbons (Fsp3) is 0.407. The lowest BCUT2D eigenvalue weighted by Gasteiger charge is -2.36. The number of piperidine rings is 1. The smallest absolute Gasteiger partial charge is 0.163 e. The number of hydrogen-bond acceptors (Lipinski definition) is 8. The molecule has 3 aromatic heterocycles. The SMILES string of the molecule is CCOc1cc(-c2nncn2C)ccc1Cc1ncc2cc(C)nc(N3CCC(C)(C#N)CC3)c2n1. The third-order valence-electron chi connectivity index (χ3n) is 6.85. The summed E-state index contributed by atoms with van der Waals surface area (Å²) in [5, 5.41) is 18.7. The Morgan fingerprint density at radius 3 is 2.67 bits per heavy atom. The Balaban J connectivity index is 1.48. The molecule has 0 radical (unpaired) electrons. The highest BCUT2D eigenvalue weighted by molar-refractivity contribution is 5.88. The number of aromatic nitrogens is 6. The molecular weight excluding hydrogens is 452 g/mol. The van der Waals surface area contributed by atoms with Crippen LogP contribution in [0.25, 0.3) is 22.3 Å². The minimum absolute atomic E-state index is 0.275. The van der Waals surface area contributed by atoms with Crippen LogP contribution in [0.15, 0.2) is 36.8 Å². The lowest BCUT2D eigenvalue weighted by Crippen LogP contribution is -2.38. The Morgan fingerprint density at radius 2 is 1.97 bits per heavy atom. The van der Waals surface area contributed by atoms with E-state index in [1.54, 1.807) is 6.33 Å². The second kappa shape index (κ2) is 9.53. The number of aryl methyl sites for hydroxylation is 2. The van der Waals surface area contributed by atoms with Crippen LogP contribution in [0.1, 0.15) is 43.8 Å². The van der Waals surface area contributed by atoms with E-state index in [0.29, 0.717) is 18.9 Å². The van der Waals surface area contributed by atoms with Gasteiger partial charge in [0.05, 0.1) is 18.1 Å². The van der Waals surface area contributed by atoms with Gasteiger partial charge in [0.2, 0.25) is 0 Å². The van der Waals surface area contributed by atoms with E-state index in [1.165, 1.54) is 0 Å². The lowest BCUT2D eigenvalue weighted by molar-refractivity contribution is 0.336. The average molecular weight is 483 g/mol. The van der Waals surface area contributed by atoms with Crippen molar-refractivity contribution in [3.63, 3.8) is 0 Å². The molecule has 0 unspecified atom stereocenters. The van der Waals surface area contributed by atoms with Crippen molar-refractivity contribution in [1.29, 1.82) is 5.26 Å². The quantitative estimate of drug-likeness (QED) is 0.402. The van der Waals surface area contributed by atoms with Crippen molar-refractivity contribution in [3.05, 3.63) is 53.9 Å². The van der Waals surface area contributed by atoms with E-state index in [4.69, 9.17) is 14.7 Å². The molecule has 1 saturated heterocycles. The summed E-state index contributed by atoms with van der Waals surface area (Å²) in [6, 6.07) is 10.6. The zero-order valence-electron chi connectivity index (χ0n) is 21.2. The van der Waals surface area contributed by atoms with Gasteiger partial charge in [0, 0.05) is 55.0 Å². The van der Waals surface area contributed by atoms with Crippen LogP contribution in [-0.4, -0.2) is 49.4 Å². The van der Waals surface area contributed by atoms with Gasteiger partial charge in [0.15, 0.2) is 11.6 Å². The second-order valence-electron chi connectivity index (χ2n) is 9.67. The van der Waals surface area contributed by atoms with Crippen LogP contribution >= 0.6 is 0 Å². The van der Waals surface area contributed by atoms with E-state index in [2.05, 4.69) is 26.2 Å². The van der Waals surface area contributed by atoms with E-state index < -0.39 is 0 Å². The number of pyridine rings is 1. The highest BCUT2D eigenvalue weighted by Gasteiger charge is 2.31. The summed E-state index contributed by atoms with van der Waals surface area (Å²) < 4.78 is 7.86. The molecule has 1 aromatic carbocycles. The maximum atomic E-state index is 9.52. The molecule has 36 heavy (non-hydrogen) atoms. The first-order valence-electron chi connectivity index (χ1n) is 12.3. The van der Waals surface area contributed by atoms with Gasteiger partial charge in [0.1, 0.15) is 23.4 Å². The number of rotatable bonds is 6. The summed E-state index contributed by atoms with van der Waals surface area (Å²) in [7, 11) is 1.92. The molecule has 0 aliphatic carbocycles. The molecule has 9 heteroatoms. The van der Waals surface area contributed by atoms with Crippen molar-refractivity contribution in [3.8, 4) is 23.2 Å². The van der Waals surface area contributed by atoms with Crippen LogP contribution in [0.3, 0.4) is 0 Å². The number of ether oxygens (including phenoxy) is 1. The van der Waals surface area contributed by atoms with E-state index >= 15 is 0 Å². The predicted molar refractivity (Wildman–Crippen MR) is 138 cm³/mol. The molecule has 9 nitrogen and oxygen atoms in total. The third-order valence-corrected chi connectivity index (χ3v) is 6.85. The molecule has 1 fully saturated rings. The predicted octanol–water partition coefficient (Wildman–Crippen LogP) is 4.25. The van der Waals surface area contributed by atoms with Crippen LogP contribution < -0.4 is 9.64 Å². The molecule has 0 N–H and O–H groups in total. The summed E-state index contributed by atoms with van der Waals surface area (Å²) >= 11 is 0. The van der Waals surface area contributed by atoms with Crippen molar-refractivity contribution in [2.45, 2.75) is 40.0 Å². The second-order valence-corrected chi connectivity index (χ2v) is 9.67. The van der Waals surface area contributed by atoms with Crippen molar-refractivity contribution >= 4 is 16.7 Å². The highest BCUT2D eigenvalue weighted by Crippen LogP contribution is 2.34. The fourth-order valence-corrected chi connectivity index (χ4v) is 4.66. The first-order valence-corrected chi connectivity index (χ1v) is 12.3. The maximum Gasteiger partial charge on any atom is 0.163 e. The highest BCUT2D eigenvalue weighted by atomic mass is 16.5. The minimum atomic E-state index is -0.275. The van der Waals surface area contributed by atoms with Gasteiger partial charge in [-0.25, -0.2) is 15.0 Å². The van der Waals surface area contributed by atoms with Gasteiger partial charge in [-0.15, -0.1) is 10.2 Å². The number of fused-ring (bicyclic) bond motifs is 1. The van der Waals surface area contributed by atoms with Crippen molar-refractivity contribution in [2.24, 2.45) is 12.5 Å². The number of hydrogen-bond donors (Lipinski definition) is 0. The molecule has 0 bridgehead atoms. The topological polar surface area (TPSA) is 106 Å². The Kier molecular flexibility index (Phi) is 6.27. The van der Waals surface area contributed by atoms with E-state index in [9.17, 15) is 5.26 Å². The van der Waals surface area contributed by atoms with E-state index in [0.717, 1.165) is 71.0 Å². The Labute approximate surface area is 210 Å². The molecule has 184 valence electrons. The van der Waals surface area contributed by atoms with Gasteiger partial charge < -0.3 is 14.2 Å². The standard InChI is InChI=1S/C27H30N8O/c1-5-36-22-13-20(25-33-30-17-34(25)4)7-6-19(22)14-23-29-15-21-12-18(2)31-26(24(21)32-23)35-10-8-27(3,16-28)9-11-35/h6-7,12-13,15,17H,5,8-11,14H2,1-4H3. The monoisotopic (exact) mass is 482 g/mol. The zero-order valence-corrected chi connectivity index (χ0v) is 21.2. The zero-order chi connectivity index (χ0) is 25.3. The Bertz CT molecular complexity index is 1450. The van der Waals surface area contributed by atoms with Crippen LogP contribution in [0.4, 0.5) is 5.82 Å². The van der Waals surface area contributed by atoms with Gasteiger partial charge >= 0.3 is 0 Å². The largest absolute Gasteiger partial charge is 0.494 e. The first-order chi connectivity index (χ1) is 17.4. The van der Waals surface area contributed by atoms with Crippen molar-refractivity contribution in [1.82, 2.24) is 29.7 Å². The van der Waals surface area contributed by atoms with Crippen LogP contribution in [0.5, 0.6) is 5.75 Å². The molecule has 0 amide bonds. The van der Waals surface area contributed by atoms with Crippen LogP contribution in [0.2, 0.25) is 0 Å². The molecule has 5 rings (SSSR count). The molecule has 1 aliphatic heterocycles. The number of benzene rings is 1. The number of nitriles is 1. The summed E-state index contributed by atoms with van der Waals surface area (Å²) in [5.74, 6) is 3.15. The van der Waals surface area contributed by atoms with Gasteiger partial charge in [-0.3, -0.25) is 0 Å². The van der Waals surface area contributed by atoms with E-state index in [-0.39, 0.29) is 5.41 Å². The first kappa shape index (κ1) is 23.7. The van der Waals surface area contributed by atoms with Gasteiger partial charge in [-0.05, 0) is 45.7 Å². The summed E-state index contributed by atoms with van der Waals surface area (Å²) in [5.41, 5.74) is 3.45. The summed E-state index contributed by atoms with van der Waals surface area (Å²) in [6.45, 7) is 8.13. The van der Waals surface area contributed by atoms with Gasteiger partial charge in [-0.1, -0.05) is 12.1 Å². The molecule has 1 aliphatic rings. The molecule has 0 spiro atoms. The lowest BCUT2D eigenvalue weighted by atomic mass is 9.82. The minimum Gasteiger partial charge on any atom is -0.494 e. The van der Waals surface area contributed by atoms with Gasteiger partial charge in [0.25, 0.3) is 0 Å². The molecule has 4 aromatic rings. The summed E-state index contributed by atoms with van der Waals surface area (Å²) in [6.07, 6.45) is 5.73. The van der Waals surface area contributed by atoms with Gasteiger partial charge in [-0.2, -0.15) is 5.26 Å². The van der Waals surface area contributed by atoms with Crippen LogP contribution in [-0.2, 0) is 13.5 Å². The third kappa shape index (κ3) is 4.59. The maximum absolute atomic E-state index is 9.52. The molecule has 4 heterocycles. The van der Waals surface area contributed by atoms with Crippen molar-refractivity contribution < 1.29 is 4.74 Å².